The SMILES string of the molecule is CCCCCCCCCCCCn1c(=O)n(C)c(=O)c2[nH]c(=O)[nH]c21. The van der Waals surface area contributed by atoms with Crippen molar-refractivity contribution in [2.24, 2.45) is 7.05 Å². The number of fused-ring (bicyclic) bond motifs is 1. The van der Waals surface area contributed by atoms with Gasteiger partial charge in [0.1, 0.15) is 5.65 Å². The summed E-state index contributed by atoms with van der Waals surface area (Å²) in [7, 11) is 1.43. The average molecular weight is 350 g/mol. The first-order valence-corrected chi connectivity index (χ1v) is 9.48. The van der Waals surface area contributed by atoms with Crippen molar-refractivity contribution in [3.05, 3.63) is 31.3 Å². The van der Waals surface area contributed by atoms with Gasteiger partial charge in [0, 0.05) is 13.6 Å². The van der Waals surface area contributed by atoms with Crippen LogP contribution in [0.15, 0.2) is 14.4 Å². The molecular formula is C18H30N4O3. The van der Waals surface area contributed by atoms with E-state index in [-0.39, 0.29) is 11.2 Å². The molecule has 0 fully saturated rings. The standard InChI is InChI=1S/C18H30N4O3/c1-3-4-5-6-7-8-9-10-11-12-13-22-15-14(19-17(24)20-15)16(23)21(2)18(22)25/h3-13H2,1-2H3,(H2,19,20,24). The lowest BCUT2D eigenvalue weighted by atomic mass is 10.1. The quantitative estimate of drug-likeness (QED) is 0.610. The molecule has 0 aliphatic rings. The summed E-state index contributed by atoms with van der Waals surface area (Å²) in [6.45, 7) is 2.74. The summed E-state index contributed by atoms with van der Waals surface area (Å²) < 4.78 is 2.53. The third-order valence-corrected chi connectivity index (χ3v) is 4.75. The monoisotopic (exact) mass is 350 g/mol. The molecule has 0 spiro atoms. The van der Waals surface area contributed by atoms with Crippen LogP contribution < -0.4 is 16.9 Å². The predicted octanol–water partition coefficient (Wildman–Crippen LogP) is 2.64. The van der Waals surface area contributed by atoms with E-state index in [0.29, 0.717) is 12.2 Å². The van der Waals surface area contributed by atoms with E-state index in [1.807, 2.05) is 0 Å². The minimum atomic E-state index is -0.474. The lowest BCUT2D eigenvalue weighted by Gasteiger charge is -2.09. The fourth-order valence-corrected chi connectivity index (χ4v) is 3.23. The number of aromatic nitrogens is 4. The van der Waals surface area contributed by atoms with Crippen LogP contribution in [0.3, 0.4) is 0 Å². The Hall–Kier alpha value is -2.05. The van der Waals surface area contributed by atoms with E-state index in [2.05, 4.69) is 16.9 Å². The fraction of sp³-hybridized carbons (Fsp3) is 0.722. The first kappa shape index (κ1) is 19.3. The Kier molecular flexibility index (Phi) is 7.28. The van der Waals surface area contributed by atoms with Crippen molar-refractivity contribution in [2.75, 3.05) is 0 Å². The normalized spacial score (nSPS) is 11.4. The van der Waals surface area contributed by atoms with Gasteiger partial charge >= 0.3 is 11.4 Å². The van der Waals surface area contributed by atoms with Crippen molar-refractivity contribution in [2.45, 2.75) is 77.7 Å². The molecule has 0 bridgehead atoms. The Morgan fingerprint density at radius 2 is 1.36 bits per heavy atom. The molecule has 0 unspecified atom stereocenters. The number of rotatable bonds is 11. The second kappa shape index (κ2) is 9.44. The van der Waals surface area contributed by atoms with E-state index < -0.39 is 11.2 Å². The van der Waals surface area contributed by atoms with E-state index in [0.717, 1.165) is 23.8 Å². The van der Waals surface area contributed by atoms with Gasteiger partial charge in [0.15, 0.2) is 5.52 Å². The Morgan fingerprint density at radius 3 is 1.96 bits per heavy atom. The lowest BCUT2D eigenvalue weighted by molar-refractivity contribution is 0.524. The third-order valence-electron chi connectivity index (χ3n) is 4.75. The summed E-state index contributed by atoms with van der Waals surface area (Å²) >= 11 is 0. The van der Waals surface area contributed by atoms with Crippen molar-refractivity contribution in [1.29, 1.82) is 0 Å². The highest BCUT2D eigenvalue weighted by Crippen LogP contribution is 2.11. The number of H-pyrrole nitrogens is 2. The Bertz CT molecular complexity index is 841. The molecular weight excluding hydrogens is 320 g/mol. The maximum atomic E-state index is 12.3. The molecule has 7 nitrogen and oxygen atoms in total. The molecule has 7 heteroatoms. The average Bonchev–Trinajstić information content (AvgIpc) is 2.99. The Morgan fingerprint density at radius 1 is 0.800 bits per heavy atom. The molecule has 0 aromatic carbocycles. The van der Waals surface area contributed by atoms with Gasteiger partial charge in [0.05, 0.1) is 0 Å². The first-order valence-electron chi connectivity index (χ1n) is 9.48. The van der Waals surface area contributed by atoms with Gasteiger partial charge < -0.3 is 0 Å². The minimum absolute atomic E-state index is 0.166. The molecule has 25 heavy (non-hydrogen) atoms. The van der Waals surface area contributed by atoms with Gasteiger partial charge in [0.2, 0.25) is 0 Å². The topological polar surface area (TPSA) is 92.7 Å². The smallest absolute Gasteiger partial charge is 0.300 e. The van der Waals surface area contributed by atoms with Crippen LogP contribution in [-0.4, -0.2) is 19.1 Å². The van der Waals surface area contributed by atoms with Gasteiger partial charge in [-0.1, -0.05) is 64.7 Å². The van der Waals surface area contributed by atoms with Gasteiger partial charge in [-0.25, -0.2) is 9.59 Å². The van der Waals surface area contributed by atoms with Crippen molar-refractivity contribution >= 4 is 11.2 Å². The molecule has 2 N–H and O–H groups in total. The molecule has 0 amide bonds. The van der Waals surface area contributed by atoms with Crippen molar-refractivity contribution in [3.8, 4) is 0 Å². The van der Waals surface area contributed by atoms with Gasteiger partial charge in [-0.3, -0.25) is 23.9 Å². The number of nitrogens with zero attached hydrogens (tertiary/aromatic N) is 2. The van der Waals surface area contributed by atoms with Crippen LogP contribution in [0.4, 0.5) is 0 Å². The molecule has 0 radical (unpaired) electrons. The van der Waals surface area contributed by atoms with E-state index in [4.69, 9.17) is 0 Å². The number of unbranched alkanes of at least 4 members (excludes halogenated alkanes) is 9. The van der Waals surface area contributed by atoms with E-state index in [9.17, 15) is 14.4 Å². The van der Waals surface area contributed by atoms with Crippen molar-refractivity contribution < 1.29 is 0 Å². The number of hydrogen-bond donors (Lipinski definition) is 2. The maximum Gasteiger partial charge on any atom is 0.332 e. The highest BCUT2D eigenvalue weighted by atomic mass is 16.2. The summed E-state index contributed by atoms with van der Waals surface area (Å²) in [6, 6.07) is 0. The number of nitrogens with one attached hydrogen (secondary N) is 2. The highest BCUT2D eigenvalue weighted by molar-refractivity contribution is 5.68. The molecule has 2 rings (SSSR count). The summed E-state index contributed by atoms with van der Waals surface area (Å²) in [6.07, 6.45) is 12.2. The van der Waals surface area contributed by atoms with Gasteiger partial charge in [-0.15, -0.1) is 0 Å². The summed E-state index contributed by atoms with van der Waals surface area (Å²) in [5.41, 5.74) is -0.857. The second-order valence-electron chi connectivity index (χ2n) is 6.78. The van der Waals surface area contributed by atoms with E-state index in [1.54, 1.807) is 0 Å². The van der Waals surface area contributed by atoms with E-state index in [1.165, 1.54) is 56.6 Å². The van der Waals surface area contributed by atoms with Crippen LogP contribution in [0.5, 0.6) is 0 Å². The molecule has 2 aromatic heterocycles. The maximum absolute atomic E-state index is 12.3. The predicted molar refractivity (Wildman–Crippen MR) is 100 cm³/mol. The zero-order chi connectivity index (χ0) is 18.2. The molecule has 2 heterocycles. The van der Waals surface area contributed by atoms with Crippen LogP contribution >= 0.6 is 0 Å². The molecule has 0 saturated heterocycles. The molecule has 0 atom stereocenters. The van der Waals surface area contributed by atoms with Gasteiger partial charge in [0.25, 0.3) is 5.56 Å². The highest BCUT2D eigenvalue weighted by Gasteiger charge is 2.13. The van der Waals surface area contributed by atoms with Gasteiger partial charge in [-0.2, -0.15) is 0 Å². The molecule has 2 aromatic rings. The zero-order valence-electron chi connectivity index (χ0n) is 15.4. The molecule has 0 aliphatic carbocycles. The molecule has 0 aliphatic heterocycles. The number of hydrogen-bond acceptors (Lipinski definition) is 3. The third kappa shape index (κ3) is 4.96. The van der Waals surface area contributed by atoms with Crippen LogP contribution in [0.2, 0.25) is 0 Å². The number of aryl methyl sites for hydroxylation is 1. The van der Waals surface area contributed by atoms with E-state index >= 15 is 0 Å². The minimum Gasteiger partial charge on any atom is -0.300 e. The lowest BCUT2D eigenvalue weighted by Crippen LogP contribution is -2.38. The zero-order valence-corrected chi connectivity index (χ0v) is 15.4. The molecule has 0 saturated carbocycles. The Labute approximate surface area is 147 Å². The Balaban J connectivity index is 1.83. The van der Waals surface area contributed by atoms with Crippen molar-refractivity contribution in [1.82, 2.24) is 19.1 Å². The number of imidazole rings is 1. The van der Waals surface area contributed by atoms with Crippen LogP contribution in [0, 0.1) is 0 Å². The van der Waals surface area contributed by atoms with Crippen LogP contribution in [0.1, 0.15) is 71.1 Å². The largest absolute Gasteiger partial charge is 0.332 e. The fourth-order valence-electron chi connectivity index (χ4n) is 3.23. The van der Waals surface area contributed by atoms with Crippen molar-refractivity contribution in [3.63, 3.8) is 0 Å². The van der Waals surface area contributed by atoms with Crippen LogP contribution in [-0.2, 0) is 13.6 Å². The van der Waals surface area contributed by atoms with Crippen LogP contribution in [0.25, 0.3) is 11.2 Å². The van der Waals surface area contributed by atoms with Gasteiger partial charge in [-0.05, 0) is 6.42 Å². The summed E-state index contributed by atoms with van der Waals surface area (Å²) in [5, 5.41) is 0. The first-order chi connectivity index (χ1) is 12.1. The second-order valence-corrected chi connectivity index (χ2v) is 6.78. The number of aromatic amines is 2. The summed E-state index contributed by atoms with van der Waals surface area (Å²) in [4.78, 5) is 40.8. The summed E-state index contributed by atoms with van der Waals surface area (Å²) in [5.74, 6) is 0. The molecule has 140 valence electrons.